The summed E-state index contributed by atoms with van der Waals surface area (Å²) in [6, 6.07) is 6.55. The average molecular weight is 191 g/mol. The first-order valence-electron chi connectivity index (χ1n) is 5.32. The van der Waals surface area contributed by atoms with E-state index in [9.17, 15) is 0 Å². The highest BCUT2D eigenvalue weighted by Crippen LogP contribution is 2.31. The molecule has 0 bridgehead atoms. The van der Waals surface area contributed by atoms with Crippen molar-refractivity contribution in [3.8, 4) is 5.75 Å². The third kappa shape index (κ3) is 1.75. The van der Waals surface area contributed by atoms with Crippen LogP contribution in [0.15, 0.2) is 18.2 Å². The molecule has 2 heteroatoms. The van der Waals surface area contributed by atoms with Crippen LogP contribution in [0.25, 0.3) is 0 Å². The molecule has 1 aliphatic rings. The monoisotopic (exact) mass is 191 g/mol. The van der Waals surface area contributed by atoms with E-state index in [-0.39, 0.29) is 6.04 Å². The summed E-state index contributed by atoms with van der Waals surface area (Å²) in [5.41, 5.74) is 8.58. The number of aryl methyl sites for hydroxylation is 1. The molecule has 14 heavy (non-hydrogen) atoms. The van der Waals surface area contributed by atoms with Gasteiger partial charge in [0.05, 0.1) is 6.61 Å². The Bertz CT molecular complexity index is 322. The Morgan fingerprint density at radius 2 is 2.36 bits per heavy atom. The van der Waals surface area contributed by atoms with Crippen molar-refractivity contribution in [3.05, 3.63) is 29.3 Å². The topological polar surface area (TPSA) is 35.2 Å². The maximum atomic E-state index is 6.03. The number of nitrogens with two attached hydrogens (primary N) is 1. The van der Waals surface area contributed by atoms with Gasteiger partial charge in [-0.1, -0.05) is 25.5 Å². The Kier molecular flexibility index (Phi) is 2.73. The van der Waals surface area contributed by atoms with Gasteiger partial charge in [-0.2, -0.15) is 0 Å². The molecule has 76 valence electrons. The van der Waals surface area contributed by atoms with Crippen LogP contribution in [-0.2, 0) is 6.42 Å². The minimum Gasteiger partial charge on any atom is -0.493 e. The van der Waals surface area contributed by atoms with E-state index in [1.807, 2.05) is 0 Å². The summed E-state index contributed by atoms with van der Waals surface area (Å²) < 4.78 is 5.55. The smallest absolute Gasteiger partial charge is 0.124 e. The summed E-state index contributed by atoms with van der Waals surface area (Å²) in [6.45, 7) is 2.94. The summed E-state index contributed by atoms with van der Waals surface area (Å²) in [6.07, 6.45) is 3.23. The van der Waals surface area contributed by atoms with Crippen molar-refractivity contribution in [2.45, 2.75) is 32.2 Å². The molecule has 0 unspecified atom stereocenters. The lowest BCUT2D eigenvalue weighted by Gasteiger charge is -2.23. The highest BCUT2D eigenvalue weighted by molar-refractivity contribution is 5.40. The fourth-order valence-electron chi connectivity index (χ4n) is 1.91. The van der Waals surface area contributed by atoms with Crippen LogP contribution in [0.2, 0.25) is 0 Å². The number of ether oxygens (including phenoxy) is 1. The zero-order chi connectivity index (χ0) is 9.97. The standard InChI is InChI=1S/C12H17NO/c1-2-3-9-4-5-12-10(8-9)11(13)6-7-14-12/h4-5,8,11H,2-3,6-7,13H2,1H3/t11-/m0/s1. The second-order valence-electron chi connectivity index (χ2n) is 3.87. The third-order valence-electron chi connectivity index (χ3n) is 2.70. The quantitative estimate of drug-likeness (QED) is 0.779. The van der Waals surface area contributed by atoms with Gasteiger partial charge in [-0.3, -0.25) is 0 Å². The summed E-state index contributed by atoms with van der Waals surface area (Å²) in [5.74, 6) is 0.976. The molecule has 0 saturated heterocycles. The SMILES string of the molecule is CCCc1ccc2c(c1)[C@@H](N)CCO2. The van der Waals surface area contributed by atoms with Crippen LogP contribution in [0.4, 0.5) is 0 Å². The maximum Gasteiger partial charge on any atom is 0.124 e. The Morgan fingerprint density at radius 3 is 3.14 bits per heavy atom. The minimum absolute atomic E-state index is 0.163. The maximum absolute atomic E-state index is 6.03. The molecular formula is C12H17NO. The lowest BCUT2D eigenvalue weighted by Crippen LogP contribution is -2.20. The molecule has 2 nitrogen and oxygen atoms in total. The summed E-state index contributed by atoms with van der Waals surface area (Å²) in [7, 11) is 0. The van der Waals surface area contributed by atoms with Crippen LogP contribution in [0.5, 0.6) is 5.75 Å². The highest BCUT2D eigenvalue weighted by atomic mass is 16.5. The third-order valence-corrected chi connectivity index (χ3v) is 2.70. The Morgan fingerprint density at radius 1 is 1.50 bits per heavy atom. The Balaban J connectivity index is 2.31. The van der Waals surface area contributed by atoms with Crippen molar-refractivity contribution in [1.29, 1.82) is 0 Å². The Hall–Kier alpha value is -1.02. The van der Waals surface area contributed by atoms with Crippen molar-refractivity contribution in [2.75, 3.05) is 6.61 Å². The molecule has 0 spiro atoms. The van der Waals surface area contributed by atoms with Gasteiger partial charge in [0.1, 0.15) is 5.75 Å². The van der Waals surface area contributed by atoms with E-state index in [2.05, 4.69) is 25.1 Å². The summed E-state index contributed by atoms with van der Waals surface area (Å²) in [4.78, 5) is 0. The normalized spacial score (nSPS) is 20.0. The molecule has 1 atom stereocenters. The largest absolute Gasteiger partial charge is 0.493 e. The number of rotatable bonds is 2. The van der Waals surface area contributed by atoms with Gasteiger partial charge in [0.2, 0.25) is 0 Å². The molecule has 0 aromatic heterocycles. The molecule has 1 aromatic rings. The van der Waals surface area contributed by atoms with Crippen LogP contribution in [0.1, 0.15) is 36.9 Å². The van der Waals surface area contributed by atoms with Crippen LogP contribution in [0.3, 0.4) is 0 Å². The first kappa shape index (κ1) is 9.53. The fourth-order valence-corrected chi connectivity index (χ4v) is 1.91. The lowest BCUT2D eigenvalue weighted by molar-refractivity contribution is 0.269. The second kappa shape index (κ2) is 4.01. The van der Waals surface area contributed by atoms with Crippen LogP contribution in [0, 0.1) is 0 Å². The zero-order valence-electron chi connectivity index (χ0n) is 8.62. The van der Waals surface area contributed by atoms with Crippen molar-refractivity contribution in [3.63, 3.8) is 0 Å². The average Bonchev–Trinajstić information content (AvgIpc) is 2.20. The van der Waals surface area contributed by atoms with Gasteiger partial charge in [-0.25, -0.2) is 0 Å². The van der Waals surface area contributed by atoms with E-state index in [0.29, 0.717) is 0 Å². The first-order valence-corrected chi connectivity index (χ1v) is 5.32. The van der Waals surface area contributed by atoms with Gasteiger partial charge in [0.25, 0.3) is 0 Å². The summed E-state index contributed by atoms with van der Waals surface area (Å²) >= 11 is 0. The molecule has 0 radical (unpaired) electrons. The molecule has 1 heterocycles. The molecule has 2 N–H and O–H groups in total. The molecule has 0 aliphatic carbocycles. The molecular weight excluding hydrogens is 174 g/mol. The molecule has 0 amide bonds. The zero-order valence-corrected chi connectivity index (χ0v) is 8.62. The molecule has 1 aliphatic heterocycles. The molecule has 0 saturated carbocycles. The van der Waals surface area contributed by atoms with E-state index < -0.39 is 0 Å². The highest BCUT2D eigenvalue weighted by Gasteiger charge is 2.17. The van der Waals surface area contributed by atoms with E-state index in [4.69, 9.17) is 10.5 Å². The van der Waals surface area contributed by atoms with Crippen LogP contribution >= 0.6 is 0 Å². The van der Waals surface area contributed by atoms with E-state index in [1.165, 1.54) is 17.5 Å². The van der Waals surface area contributed by atoms with Crippen molar-refractivity contribution >= 4 is 0 Å². The number of hydrogen-bond acceptors (Lipinski definition) is 2. The van der Waals surface area contributed by atoms with Crippen molar-refractivity contribution < 1.29 is 4.74 Å². The molecule has 0 fully saturated rings. The number of fused-ring (bicyclic) bond motifs is 1. The first-order chi connectivity index (χ1) is 6.81. The van der Waals surface area contributed by atoms with Gasteiger partial charge in [-0.15, -0.1) is 0 Å². The molecule has 1 aromatic carbocycles. The van der Waals surface area contributed by atoms with E-state index >= 15 is 0 Å². The minimum atomic E-state index is 0.163. The van der Waals surface area contributed by atoms with Gasteiger partial charge in [-0.05, 0) is 18.1 Å². The van der Waals surface area contributed by atoms with Gasteiger partial charge < -0.3 is 10.5 Å². The molecule has 2 rings (SSSR count). The number of hydrogen-bond donors (Lipinski definition) is 1. The Labute approximate surface area is 85.1 Å². The van der Waals surface area contributed by atoms with Crippen molar-refractivity contribution in [1.82, 2.24) is 0 Å². The lowest BCUT2D eigenvalue weighted by atomic mass is 9.98. The van der Waals surface area contributed by atoms with Crippen LogP contribution in [-0.4, -0.2) is 6.61 Å². The predicted molar refractivity (Wildman–Crippen MR) is 57.5 cm³/mol. The van der Waals surface area contributed by atoms with Gasteiger partial charge >= 0.3 is 0 Å². The van der Waals surface area contributed by atoms with Crippen LogP contribution < -0.4 is 10.5 Å². The van der Waals surface area contributed by atoms with Crippen molar-refractivity contribution in [2.24, 2.45) is 5.73 Å². The summed E-state index contributed by atoms with van der Waals surface area (Å²) in [5, 5.41) is 0. The predicted octanol–water partition coefficient (Wildman–Crippen LogP) is 2.42. The van der Waals surface area contributed by atoms with Gasteiger partial charge in [0, 0.05) is 18.0 Å². The van der Waals surface area contributed by atoms with Gasteiger partial charge in [0.15, 0.2) is 0 Å². The fraction of sp³-hybridized carbons (Fsp3) is 0.500. The van der Waals surface area contributed by atoms with E-state index in [1.54, 1.807) is 0 Å². The second-order valence-corrected chi connectivity index (χ2v) is 3.87. The van der Waals surface area contributed by atoms with E-state index in [0.717, 1.165) is 25.2 Å². The number of benzene rings is 1.